The Bertz CT molecular complexity index is 969. The first-order valence-corrected chi connectivity index (χ1v) is 10.3. The molecule has 1 saturated heterocycles. The van der Waals surface area contributed by atoms with E-state index in [-0.39, 0.29) is 23.6 Å². The molecule has 0 spiro atoms. The normalized spacial score (nSPS) is 18.6. The van der Waals surface area contributed by atoms with Crippen molar-refractivity contribution in [2.45, 2.75) is 50.9 Å². The van der Waals surface area contributed by atoms with E-state index in [1.807, 2.05) is 0 Å². The number of hydrogen-bond acceptors (Lipinski definition) is 7. The third-order valence-electron chi connectivity index (χ3n) is 5.36. The fourth-order valence-electron chi connectivity index (χ4n) is 3.74. The average Bonchev–Trinajstić information content (AvgIpc) is 3.06. The zero-order valence-corrected chi connectivity index (χ0v) is 17.4. The molecule has 0 bridgehead atoms. The predicted octanol–water partition coefficient (Wildman–Crippen LogP) is 1.86. The van der Waals surface area contributed by atoms with Gasteiger partial charge in [-0.3, -0.25) is 14.4 Å². The van der Waals surface area contributed by atoms with Crippen molar-refractivity contribution < 1.29 is 41.6 Å². The highest BCUT2D eigenvalue weighted by atomic mass is 19.4. The molecule has 2 heterocycles. The van der Waals surface area contributed by atoms with Crippen LogP contribution in [0.5, 0.6) is 0 Å². The highest BCUT2D eigenvalue weighted by molar-refractivity contribution is 6.06. The van der Waals surface area contributed by atoms with Gasteiger partial charge in [0.05, 0.1) is 0 Å². The van der Waals surface area contributed by atoms with Crippen LogP contribution < -0.4 is 11.1 Å². The van der Waals surface area contributed by atoms with Crippen molar-refractivity contribution in [2.24, 2.45) is 5.73 Å². The van der Waals surface area contributed by atoms with Gasteiger partial charge in [-0.1, -0.05) is 6.42 Å². The van der Waals surface area contributed by atoms with Gasteiger partial charge >= 0.3 is 12.1 Å². The molecule has 0 aliphatic carbocycles. The maximum absolute atomic E-state index is 14.1. The second-order valence-electron chi connectivity index (χ2n) is 7.65. The van der Waals surface area contributed by atoms with E-state index in [0.29, 0.717) is 24.3 Å². The van der Waals surface area contributed by atoms with Gasteiger partial charge in [0, 0.05) is 36.3 Å². The third kappa shape index (κ3) is 5.24. The molecule has 1 fully saturated rings. The zero-order valence-electron chi connectivity index (χ0n) is 17.4. The summed E-state index contributed by atoms with van der Waals surface area (Å²) in [7, 11) is 0. The van der Waals surface area contributed by atoms with E-state index < -0.39 is 48.1 Å². The summed E-state index contributed by atoms with van der Waals surface area (Å²) in [5.41, 5.74) is 6.22. The van der Waals surface area contributed by atoms with Crippen LogP contribution in [-0.2, 0) is 25.8 Å². The summed E-state index contributed by atoms with van der Waals surface area (Å²) in [4.78, 5) is 53.6. The van der Waals surface area contributed by atoms with E-state index in [1.165, 1.54) is 6.07 Å². The van der Waals surface area contributed by atoms with Crippen molar-refractivity contribution in [3.63, 3.8) is 0 Å². The van der Waals surface area contributed by atoms with E-state index in [0.717, 1.165) is 30.2 Å². The maximum Gasteiger partial charge on any atom is 0.493 e. The molecule has 3 N–H and O–H groups in total. The van der Waals surface area contributed by atoms with Crippen LogP contribution in [0, 0.1) is 5.82 Å². The number of unbranched alkanes of at least 4 members (excludes halogenated alkanes) is 2. The number of piperidine rings is 1. The number of halogens is 4. The van der Waals surface area contributed by atoms with E-state index in [9.17, 15) is 36.7 Å². The number of anilines is 1. The molecule has 1 unspecified atom stereocenters. The van der Waals surface area contributed by atoms with Crippen molar-refractivity contribution in [3.8, 4) is 0 Å². The van der Waals surface area contributed by atoms with E-state index in [1.54, 1.807) is 0 Å². The summed E-state index contributed by atoms with van der Waals surface area (Å²) in [6.45, 7) is 0.902. The number of fused-ring (bicyclic) bond motifs is 1. The quantitative estimate of drug-likeness (QED) is 0.335. The largest absolute Gasteiger partial charge is 0.493 e. The minimum absolute atomic E-state index is 0.00277. The van der Waals surface area contributed by atoms with Gasteiger partial charge in [0.2, 0.25) is 0 Å². The predicted molar refractivity (Wildman–Crippen MR) is 105 cm³/mol. The molecule has 3 amide bonds. The number of hydroxylamine groups is 2. The molecule has 33 heavy (non-hydrogen) atoms. The number of amides is 3. The van der Waals surface area contributed by atoms with Crippen LogP contribution in [0.15, 0.2) is 12.1 Å². The van der Waals surface area contributed by atoms with E-state index in [4.69, 9.17) is 5.73 Å². The highest BCUT2D eigenvalue weighted by Crippen LogP contribution is 2.34. The summed E-state index contributed by atoms with van der Waals surface area (Å²) in [5.74, 6) is -6.54. The Morgan fingerprint density at radius 1 is 1.18 bits per heavy atom. The summed E-state index contributed by atoms with van der Waals surface area (Å²) >= 11 is 0. The molecule has 3 rings (SSSR count). The van der Waals surface area contributed by atoms with Crippen LogP contribution >= 0.6 is 0 Å². The van der Waals surface area contributed by atoms with E-state index in [2.05, 4.69) is 10.2 Å². The zero-order chi connectivity index (χ0) is 24.3. The second kappa shape index (κ2) is 9.73. The maximum atomic E-state index is 14.1. The Kier molecular flexibility index (Phi) is 7.20. The molecule has 2 aliphatic heterocycles. The number of rotatable bonds is 8. The topological polar surface area (TPSA) is 122 Å². The van der Waals surface area contributed by atoms with Gasteiger partial charge in [0.25, 0.3) is 17.7 Å². The minimum Gasteiger partial charge on any atom is -0.385 e. The van der Waals surface area contributed by atoms with Gasteiger partial charge in [-0.15, -0.1) is 5.06 Å². The van der Waals surface area contributed by atoms with Crippen LogP contribution in [0.3, 0.4) is 0 Å². The van der Waals surface area contributed by atoms with E-state index >= 15 is 0 Å². The molecule has 2 aliphatic rings. The number of benzene rings is 1. The number of alkyl halides is 3. The number of nitrogens with one attached hydrogen (secondary N) is 1. The SMILES string of the molecule is NCCCCCNc1cc(F)cc2c1CN(C1CCC(=O)N(OC(=O)C(F)(F)F)C1=O)C2=O. The Labute approximate surface area is 185 Å². The minimum atomic E-state index is -5.42. The van der Waals surface area contributed by atoms with Crippen LogP contribution in [0.4, 0.5) is 23.2 Å². The van der Waals surface area contributed by atoms with Gasteiger partial charge in [0.1, 0.15) is 11.9 Å². The molecule has 9 nitrogen and oxygen atoms in total. The molecular weight excluding hydrogens is 452 g/mol. The fourth-order valence-corrected chi connectivity index (χ4v) is 3.74. The number of imide groups is 1. The van der Waals surface area contributed by atoms with Crippen molar-refractivity contribution in [3.05, 3.63) is 29.1 Å². The number of carbonyl (C=O) groups excluding carboxylic acids is 4. The molecule has 0 saturated carbocycles. The molecular formula is C20H22F4N4O5. The lowest BCUT2D eigenvalue weighted by atomic mass is 10.0. The monoisotopic (exact) mass is 474 g/mol. The third-order valence-corrected chi connectivity index (χ3v) is 5.36. The van der Waals surface area contributed by atoms with Gasteiger partial charge < -0.3 is 20.8 Å². The first-order valence-electron chi connectivity index (χ1n) is 10.3. The summed E-state index contributed by atoms with van der Waals surface area (Å²) in [5, 5.41) is 2.80. The smallest absolute Gasteiger partial charge is 0.385 e. The first-order chi connectivity index (χ1) is 15.5. The van der Waals surface area contributed by atoms with Crippen LogP contribution in [0.2, 0.25) is 0 Å². The van der Waals surface area contributed by atoms with Gasteiger partial charge in [-0.2, -0.15) is 13.2 Å². The Morgan fingerprint density at radius 2 is 1.91 bits per heavy atom. The summed E-state index contributed by atoms with van der Waals surface area (Å²) < 4.78 is 51.7. The molecule has 180 valence electrons. The van der Waals surface area contributed by atoms with Crippen molar-refractivity contribution in [1.82, 2.24) is 9.96 Å². The number of nitrogens with zero attached hydrogens (tertiary/aromatic N) is 2. The molecule has 1 aromatic rings. The Hall–Kier alpha value is -3.22. The molecule has 1 atom stereocenters. The standard InChI is InChI=1S/C20H22F4N4O5/c21-11-8-12-13(14(9-11)26-7-3-1-2-6-25)10-27(17(12)30)15-4-5-16(29)28(18(15)31)33-19(32)20(22,23)24/h8-9,15,26H,1-7,10,25H2. The second-order valence-corrected chi connectivity index (χ2v) is 7.65. The lowest BCUT2D eigenvalue weighted by molar-refractivity contribution is -0.238. The first kappa shape index (κ1) is 24.4. The molecule has 13 heteroatoms. The van der Waals surface area contributed by atoms with Crippen LogP contribution in [0.25, 0.3) is 0 Å². The van der Waals surface area contributed by atoms with Gasteiger partial charge in [-0.25, -0.2) is 9.18 Å². The van der Waals surface area contributed by atoms with Gasteiger partial charge in [-0.05, 0) is 37.9 Å². The molecule has 0 aromatic heterocycles. The highest BCUT2D eigenvalue weighted by Gasteiger charge is 2.49. The van der Waals surface area contributed by atoms with Crippen molar-refractivity contribution in [1.29, 1.82) is 0 Å². The van der Waals surface area contributed by atoms with Crippen LogP contribution in [-0.4, -0.2) is 59.0 Å². The Balaban J connectivity index is 1.77. The number of nitrogens with two attached hydrogens (primary N) is 1. The lowest BCUT2D eigenvalue weighted by Crippen LogP contribution is -2.55. The molecule has 0 radical (unpaired) electrons. The number of carbonyl (C=O) groups is 4. The van der Waals surface area contributed by atoms with Crippen molar-refractivity contribution >= 4 is 29.4 Å². The van der Waals surface area contributed by atoms with Crippen molar-refractivity contribution in [2.75, 3.05) is 18.4 Å². The average molecular weight is 474 g/mol. The summed E-state index contributed by atoms with van der Waals surface area (Å²) in [6.07, 6.45) is -3.60. The Morgan fingerprint density at radius 3 is 2.58 bits per heavy atom. The van der Waals surface area contributed by atoms with Crippen LogP contribution in [0.1, 0.15) is 48.0 Å². The van der Waals surface area contributed by atoms with Gasteiger partial charge in [0.15, 0.2) is 0 Å². The number of hydrogen-bond donors (Lipinski definition) is 2. The molecule has 1 aromatic carbocycles. The fraction of sp³-hybridized carbons (Fsp3) is 0.500. The summed E-state index contributed by atoms with van der Waals surface area (Å²) in [6, 6.07) is 0.864. The lowest BCUT2D eigenvalue weighted by Gasteiger charge is -2.33.